The molecule has 0 atom stereocenters. The Morgan fingerprint density at radius 1 is 0.895 bits per heavy atom. The number of hydrogen-bond acceptors (Lipinski definition) is 6. The molecule has 4 rings (SSSR count). The zero-order valence-corrected chi connectivity index (χ0v) is 22.0. The second-order valence-corrected chi connectivity index (χ2v) is 10.7. The summed E-state index contributed by atoms with van der Waals surface area (Å²) in [6.07, 6.45) is 1.35. The van der Waals surface area contributed by atoms with Crippen LogP contribution >= 0.6 is 0 Å². The number of aryl methyl sites for hydroxylation is 2. The van der Waals surface area contributed by atoms with Gasteiger partial charge in [-0.15, -0.1) is 0 Å². The van der Waals surface area contributed by atoms with Gasteiger partial charge in [-0.25, -0.2) is 13.8 Å². The van der Waals surface area contributed by atoms with E-state index in [4.69, 9.17) is 9.15 Å². The maximum Gasteiger partial charge on any atom is 0.277 e. The minimum absolute atomic E-state index is 0.0230. The maximum atomic E-state index is 13.5. The van der Waals surface area contributed by atoms with E-state index in [9.17, 15) is 13.2 Å². The summed E-state index contributed by atoms with van der Waals surface area (Å²) in [6.45, 7) is 3.91. The number of carbonyl (C=O) groups is 1. The van der Waals surface area contributed by atoms with Crippen molar-refractivity contribution < 1.29 is 22.4 Å². The highest BCUT2D eigenvalue weighted by Crippen LogP contribution is 2.22. The molecule has 0 aliphatic rings. The van der Waals surface area contributed by atoms with Crippen molar-refractivity contribution in [3.05, 3.63) is 119 Å². The van der Waals surface area contributed by atoms with Crippen molar-refractivity contribution in [1.29, 1.82) is 0 Å². The van der Waals surface area contributed by atoms with E-state index in [1.54, 1.807) is 48.5 Å². The Balaban J connectivity index is 1.43. The van der Waals surface area contributed by atoms with Gasteiger partial charge in [-0.2, -0.15) is 9.41 Å². The van der Waals surface area contributed by atoms with Crippen molar-refractivity contribution in [2.75, 3.05) is 6.61 Å². The fourth-order valence-corrected chi connectivity index (χ4v) is 4.97. The molecule has 4 aromatic rings. The van der Waals surface area contributed by atoms with Gasteiger partial charge in [0.15, 0.2) is 6.61 Å². The van der Waals surface area contributed by atoms with Crippen LogP contribution in [-0.2, 0) is 27.9 Å². The Morgan fingerprint density at radius 2 is 1.55 bits per heavy atom. The number of carbonyl (C=O) groups excluding carboxylic acids is 1. The number of amides is 1. The fourth-order valence-electron chi connectivity index (χ4n) is 3.57. The van der Waals surface area contributed by atoms with Crippen LogP contribution in [0.15, 0.2) is 105 Å². The molecule has 0 unspecified atom stereocenters. The van der Waals surface area contributed by atoms with Crippen molar-refractivity contribution >= 4 is 22.1 Å². The largest absolute Gasteiger partial charge is 0.484 e. The zero-order valence-electron chi connectivity index (χ0n) is 21.2. The SMILES string of the molecule is Cc1ccc(CN(Cc2ccc(/C=N\NC(=O)COc3ccccc3)o2)S(=O)(=O)c2ccc(C)cc2)cc1. The summed E-state index contributed by atoms with van der Waals surface area (Å²) < 4.78 is 39.6. The average Bonchev–Trinajstić information content (AvgIpc) is 3.36. The van der Waals surface area contributed by atoms with E-state index in [1.807, 2.05) is 56.3 Å². The van der Waals surface area contributed by atoms with Crippen molar-refractivity contribution in [3.63, 3.8) is 0 Å². The third-order valence-corrected chi connectivity index (χ3v) is 7.45. The molecule has 0 saturated carbocycles. The van der Waals surface area contributed by atoms with Crippen LogP contribution in [0.3, 0.4) is 0 Å². The third-order valence-electron chi connectivity index (χ3n) is 5.65. The monoisotopic (exact) mass is 531 g/mol. The van der Waals surface area contributed by atoms with Gasteiger partial charge in [-0.1, -0.05) is 65.7 Å². The molecule has 1 heterocycles. The zero-order chi connectivity index (χ0) is 27.0. The van der Waals surface area contributed by atoms with Gasteiger partial charge in [0.25, 0.3) is 5.91 Å². The standard InChI is InChI=1S/C29H29N3O5S/c1-22-8-12-24(13-9-22)19-32(38(34,35)28-16-10-23(2)11-17-28)20-27-15-14-26(37-27)18-30-31-29(33)21-36-25-6-4-3-5-7-25/h3-18H,19-21H2,1-2H3,(H,31,33)/b30-18-. The second kappa shape index (κ2) is 12.4. The molecule has 1 amide bonds. The van der Waals surface area contributed by atoms with Crippen LogP contribution < -0.4 is 10.2 Å². The van der Waals surface area contributed by atoms with Gasteiger partial charge >= 0.3 is 0 Å². The molecule has 0 aliphatic heterocycles. The van der Waals surface area contributed by atoms with Crippen LogP contribution in [0.1, 0.15) is 28.2 Å². The summed E-state index contributed by atoms with van der Waals surface area (Å²) in [5, 5.41) is 3.90. The first kappa shape index (κ1) is 26.8. The number of nitrogens with zero attached hydrogens (tertiary/aromatic N) is 2. The molecule has 1 aromatic heterocycles. The highest BCUT2D eigenvalue weighted by Gasteiger charge is 2.26. The quantitative estimate of drug-likeness (QED) is 0.221. The number of sulfonamides is 1. The Hall–Kier alpha value is -4.21. The lowest BCUT2D eigenvalue weighted by Crippen LogP contribution is -2.30. The van der Waals surface area contributed by atoms with Crippen LogP contribution in [0.4, 0.5) is 0 Å². The van der Waals surface area contributed by atoms with Crippen molar-refractivity contribution in [2.45, 2.75) is 31.8 Å². The van der Waals surface area contributed by atoms with Gasteiger partial charge in [0.2, 0.25) is 10.0 Å². The Bertz CT molecular complexity index is 1480. The summed E-state index contributed by atoms with van der Waals surface area (Å²) in [5.41, 5.74) is 5.31. The first-order valence-electron chi connectivity index (χ1n) is 12.0. The lowest BCUT2D eigenvalue weighted by atomic mass is 10.1. The van der Waals surface area contributed by atoms with Crippen molar-refractivity contribution in [1.82, 2.24) is 9.73 Å². The van der Waals surface area contributed by atoms with Gasteiger partial charge in [-0.05, 0) is 55.8 Å². The van der Waals surface area contributed by atoms with E-state index in [1.165, 1.54) is 10.5 Å². The number of benzene rings is 3. The Morgan fingerprint density at radius 3 is 2.24 bits per heavy atom. The van der Waals surface area contributed by atoms with Crippen LogP contribution in [0, 0.1) is 13.8 Å². The van der Waals surface area contributed by atoms with Crippen molar-refractivity contribution in [2.24, 2.45) is 5.10 Å². The molecule has 0 fully saturated rings. The predicted octanol–water partition coefficient (Wildman–Crippen LogP) is 4.82. The number of para-hydroxylation sites is 1. The average molecular weight is 532 g/mol. The second-order valence-electron chi connectivity index (χ2n) is 8.77. The number of ether oxygens (including phenoxy) is 1. The summed E-state index contributed by atoms with van der Waals surface area (Å²) in [7, 11) is -3.80. The number of nitrogens with one attached hydrogen (secondary N) is 1. The normalized spacial score (nSPS) is 11.7. The van der Waals surface area contributed by atoms with Crippen LogP contribution in [0.2, 0.25) is 0 Å². The lowest BCUT2D eigenvalue weighted by molar-refractivity contribution is -0.123. The first-order valence-corrected chi connectivity index (χ1v) is 13.4. The molecular formula is C29H29N3O5S. The minimum Gasteiger partial charge on any atom is -0.484 e. The molecule has 3 aromatic carbocycles. The Kier molecular flexibility index (Phi) is 8.73. The van der Waals surface area contributed by atoms with E-state index in [-0.39, 0.29) is 24.6 Å². The lowest BCUT2D eigenvalue weighted by Gasteiger charge is -2.21. The van der Waals surface area contributed by atoms with Gasteiger partial charge in [0.1, 0.15) is 17.3 Å². The fraction of sp³-hybridized carbons (Fsp3) is 0.172. The van der Waals surface area contributed by atoms with Crippen molar-refractivity contribution in [3.8, 4) is 5.75 Å². The molecule has 196 valence electrons. The summed E-state index contributed by atoms with van der Waals surface area (Å²) >= 11 is 0. The predicted molar refractivity (Wildman–Crippen MR) is 145 cm³/mol. The molecule has 0 aliphatic carbocycles. The third kappa shape index (κ3) is 7.41. The first-order chi connectivity index (χ1) is 18.3. The van der Waals surface area contributed by atoms with E-state index >= 15 is 0 Å². The van der Waals surface area contributed by atoms with Crippen LogP contribution in [0.25, 0.3) is 0 Å². The number of furan rings is 1. The number of hydrogen-bond donors (Lipinski definition) is 1. The van der Waals surface area contributed by atoms with E-state index < -0.39 is 15.9 Å². The molecule has 0 saturated heterocycles. The minimum atomic E-state index is -3.80. The van der Waals surface area contributed by atoms with Gasteiger partial charge in [-0.3, -0.25) is 4.79 Å². The topological polar surface area (TPSA) is 101 Å². The highest BCUT2D eigenvalue weighted by atomic mass is 32.2. The van der Waals surface area contributed by atoms with E-state index in [2.05, 4.69) is 10.5 Å². The maximum absolute atomic E-state index is 13.5. The van der Waals surface area contributed by atoms with Crippen LogP contribution in [-0.4, -0.2) is 31.5 Å². The summed E-state index contributed by atoms with van der Waals surface area (Å²) in [6, 6.07) is 26.8. The highest BCUT2D eigenvalue weighted by molar-refractivity contribution is 7.89. The molecule has 38 heavy (non-hydrogen) atoms. The molecule has 1 N–H and O–H groups in total. The molecule has 0 spiro atoms. The van der Waals surface area contributed by atoms with E-state index in [0.29, 0.717) is 17.3 Å². The number of hydrazone groups is 1. The van der Waals surface area contributed by atoms with Gasteiger partial charge < -0.3 is 9.15 Å². The van der Waals surface area contributed by atoms with Gasteiger partial charge in [0, 0.05) is 6.54 Å². The Labute approximate surface area is 222 Å². The molecule has 0 radical (unpaired) electrons. The molecule has 0 bridgehead atoms. The van der Waals surface area contributed by atoms with Crippen LogP contribution in [0.5, 0.6) is 5.75 Å². The molecule has 8 nitrogen and oxygen atoms in total. The summed E-state index contributed by atoms with van der Waals surface area (Å²) in [4.78, 5) is 12.2. The summed E-state index contributed by atoms with van der Waals surface area (Å²) in [5.74, 6) is 0.962. The smallest absolute Gasteiger partial charge is 0.277 e. The van der Waals surface area contributed by atoms with E-state index in [0.717, 1.165) is 16.7 Å². The molecule has 9 heteroatoms. The molecular weight excluding hydrogens is 502 g/mol. The van der Waals surface area contributed by atoms with Gasteiger partial charge in [0.05, 0.1) is 17.7 Å². The number of rotatable bonds is 11.